The SMILES string of the molecule is CCN(Cc1noc(C)n1)C(=O)Nc1c(C)cnn1[C@@H](C)C1CC1. The van der Waals surface area contributed by atoms with Gasteiger partial charge in [0.05, 0.1) is 18.8 Å². The van der Waals surface area contributed by atoms with E-state index in [0.717, 1.165) is 11.4 Å². The molecule has 1 atom stereocenters. The normalized spacial score (nSPS) is 15.3. The molecule has 0 bridgehead atoms. The highest BCUT2D eigenvalue weighted by Gasteiger charge is 2.31. The number of nitrogens with one attached hydrogen (secondary N) is 1. The Morgan fingerprint density at radius 3 is 2.83 bits per heavy atom. The third kappa shape index (κ3) is 3.42. The van der Waals surface area contributed by atoms with Crippen LogP contribution in [0.2, 0.25) is 0 Å². The predicted octanol–water partition coefficient (Wildman–Crippen LogP) is 2.91. The lowest BCUT2D eigenvalue weighted by molar-refractivity contribution is 0.209. The van der Waals surface area contributed by atoms with Crippen molar-refractivity contribution in [1.29, 1.82) is 0 Å². The average molecular weight is 332 g/mol. The largest absolute Gasteiger partial charge is 0.340 e. The Labute approximate surface area is 141 Å². The number of carbonyl (C=O) groups is 1. The fourth-order valence-electron chi connectivity index (χ4n) is 2.78. The summed E-state index contributed by atoms with van der Waals surface area (Å²) >= 11 is 0. The maximum Gasteiger partial charge on any atom is 0.323 e. The summed E-state index contributed by atoms with van der Waals surface area (Å²) in [4.78, 5) is 18.5. The highest BCUT2D eigenvalue weighted by atomic mass is 16.5. The zero-order valence-electron chi connectivity index (χ0n) is 14.6. The minimum Gasteiger partial charge on any atom is -0.340 e. The Kier molecular flexibility index (Phi) is 4.55. The zero-order chi connectivity index (χ0) is 17.3. The molecule has 0 aromatic carbocycles. The summed E-state index contributed by atoms with van der Waals surface area (Å²) < 4.78 is 6.89. The van der Waals surface area contributed by atoms with E-state index in [1.165, 1.54) is 12.8 Å². The Morgan fingerprint density at radius 2 is 2.25 bits per heavy atom. The summed E-state index contributed by atoms with van der Waals surface area (Å²) in [5, 5.41) is 11.3. The van der Waals surface area contributed by atoms with E-state index in [0.29, 0.717) is 36.8 Å². The molecule has 2 amide bonds. The van der Waals surface area contributed by atoms with Crippen molar-refractivity contribution in [2.24, 2.45) is 5.92 Å². The molecule has 2 aromatic heterocycles. The van der Waals surface area contributed by atoms with Gasteiger partial charge in [0.15, 0.2) is 5.82 Å². The third-order valence-corrected chi connectivity index (χ3v) is 4.46. The van der Waals surface area contributed by atoms with Crippen LogP contribution in [-0.2, 0) is 6.54 Å². The summed E-state index contributed by atoms with van der Waals surface area (Å²) in [5.41, 5.74) is 0.960. The summed E-state index contributed by atoms with van der Waals surface area (Å²) in [7, 11) is 0. The molecular weight excluding hydrogens is 308 g/mol. The maximum absolute atomic E-state index is 12.7. The van der Waals surface area contributed by atoms with E-state index < -0.39 is 0 Å². The van der Waals surface area contributed by atoms with Gasteiger partial charge in [0.1, 0.15) is 5.82 Å². The molecule has 130 valence electrons. The number of carbonyl (C=O) groups excluding carboxylic acids is 1. The molecule has 24 heavy (non-hydrogen) atoms. The molecule has 2 aromatic rings. The van der Waals surface area contributed by atoms with E-state index in [4.69, 9.17) is 4.52 Å². The van der Waals surface area contributed by atoms with E-state index in [2.05, 4.69) is 27.5 Å². The third-order valence-electron chi connectivity index (χ3n) is 4.46. The van der Waals surface area contributed by atoms with Gasteiger partial charge in [-0.15, -0.1) is 0 Å². The molecule has 3 rings (SSSR count). The van der Waals surface area contributed by atoms with Crippen molar-refractivity contribution in [3.63, 3.8) is 0 Å². The first-order valence-corrected chi connectivity index (χ1v) is 8.38. The smallest absolute Gasteiger partial charge is 0.323 e. The molecule has 0 unspecified atom stereocenters. The molecule has 0 radical (unpaired) electrons. The summed E-state index contributed by atoms with van der Waals surface area (Å²) in [6, 6.07) is 0.108. The van der Waals surface area contributed by atoms with Gasteiger partial charge in [0.2, 0.25) is 5.89 Å². The molecular formula is C16H24N6O2. The van der Waals surface area contributed by atoms with E-state index in [9.17, 15) is 4.79 Å². The van der Waals surface area contributed by atoms with Gasteiger partial charge < -0.3 is 9.42 Å². The van der Waals surface area contributed by atoms with Crippen LogP contribution in [0.3, 0.4) is 0 Å². The molecule has 0 spiro atoms. The standard InChI is InChI=1S/C16H24N6O2/c1-5-21(9-14-18-12(4)24-20-14)16(23)19-15-10(2)8-17-22(15)11(3)13-6-7-13/h8,11,13H,5-7,9H2,1-4H3,(H,19,23)/t11-/m0/s1. The molecule has 2 heterocycles. The van der Waals surface area contributed by atoms with Crippen LogP contribution in [0.1, 0.15) is 50.0 Å². The van der Waals surface area contributed by atoms with E-state index >= 15 is 0 Å². The molecule has 8 nitrogen and oxygen atoms in total. The Morgan fingerprint density at radius 1 is 1.50 bits per heavy atom. The number of hydrogen-bond donors (Lipinski definition) is 1. The number of hydrogen-bond acceptors (Lipinski definition) is 5. The van der Waals surface area contributed by atoms with Crippen LogP contribution in [0.25, 0.3) is 0 Å². The minimum absolute atomic E-state index is 0.187. The molecule has 1 saturated carbocycles. The number of amides is 2. The van der Waals surface area contributed by atoms with Gasteiger partial charge in [-0.1, -0.05) is 5.16 Å². The van der Waals surface area contributed by atoms with Crippen LogP contribution in [0.5, 0.6) is 0 Å². The van der Waals surface area contributed by atoms with Crippen LogP contribution in [-0.4, -0.2) is 37.4 Å². The number of nitrogens with zero attached hydrogens (tertiary/aromatic N) is 5. The molecule has 8 heteroatoms. The van der Waals surface area contributed by atoms with Crippen LogP contribution in [0, 0.1) is 19.8 Å². The molecule has 0 aliphatic heterocycles. The van der Waals surface area contributed by atoms with Crippen LogP contribution >= 0.6 is 0 Å². The van der Waals surface area contributed by atoms with Gasteiger partial charge >= 0.3 is 6.03 Å². The minimum atomic E-state index is -0.187. The highest BCUT2D eigenvalue weighted by molar-refractivity contribution is 5.89. The topological polar surface area (TPSA) is 89.1 Å². The second kappa shape index (κ2) is 6.62. The lowest BCUT2D eigenvalue weighted by Gasteiger charge is -2.22. The fraction of sp³-hybridized carbons (Fsp3) is 0.625. The molecule has 1 fully saturated rings. The number of aromatic nitrogens is 4. The van der Waals surface area contributed by atoms with Crippen molar-refractivity contribution in [1.82, 2.24) is 24.8 Å². The summed E-state index contributed by atoms with van der Waals surface area (Å²) in [6.45, 7) is 8.62. The first kappa shape index (κ1) is 16.5. The zero-order valence-corrected chi connectivity index (χ0v) is 14.6. The van der Waals surface area contributed by atoms with Gasteiger partial charge in [-0.25, -0.2) is 9.48 Å². The van der Waals surface area contributed by atoms with Crippen LogP contribution in [0.4, 0.5) is 10.6 Å². The van der Waals surface area contributed by atoms with Crippen molar-refractivity contribution < 1.29 is 9.32 Å². The highest BCUT2D eigenvalue weighted by Crippen LogP contribution is 2.40. The summed E-state index contributed by atoms with van der Waals surface area (Å²) in [6.07, 6.45) is 4.25. The van der Waals surface area contributed by atoms with E-state index in [1.807, 2.05) is 18.5 Å². The van der Waals surface area contributed by atoms with Crippen molar-refractivity contribution in [3.8, 4) is 0 Å². The van der Waals surface area contributed by atoms with E-state index in [1.54, 1.807) is 18.0 Å². The number of rotatable bonds is 6. The van der Waals surface area contributed by atoms with Gasteiger partial charge in [-0.2, -0.15) is 10.1 Å². The lowest BCUT2D eigenvalue weighted by atomic mass is 10.2. The summed E-state index contributed by atoms with van der Waals surface area (Å²) in [5.74, 6) is 2.42. The second-order valence-electron chi connectivity index (χ2n) is 6.37. The number of anilines is 1. The first-order chi connectivity index (χ1) is 11.5. The maximum atomic E-state index is 12.7. The van der Waals surface area contributed by atoms with Crippen molar-refractivity contribution in [2.75, 3.05) is 11.9 Å². The van der Waals surface area contributed by atoms with Gasteiger partial charge in [-0.05, 0) is 39.5 Å². The lowest BCUT2D eigenvalue weighted by Crippen LogP contribution is -2.35. The van der Waals surface area contributed by atoms with Gasteiger partial charge in [-0.3, -0.25) is 5.32 Å². The monoisotopic (exact) mass is 332 g/mol. The van der Waals surface area contributed by atoms with Gasteiger partial charge in [0.25, 0.3) is 0 Å². The Balaban J connectivity index is 1.72. The van der Waals surface area contributed by atoms with E-state index in [-0.39, 0.29) is 6.03 Å². The van der Waals surface area contributed by atoms with Crippen LogP contribution < -0.4 is 5.32 Å². The molecule has 1 aliphatic carbocycles. The Bertz CT molecular complexity index is 718. The Hall–Kier alpha value is -2.38. The first-order valence-electron chi connectivity index (χ1n) is 8.38. The van der Waals surface area contributed by atoms with Crippen molar-refractivity contribution in [3.05, 3.63) is 23.5 Å². The fourth-order valence-corrected chi connectivity index (χ4v) is 2.78. The second-order valence-corrected chi connectivity index (χ2v) is 6.37. The molecule has 1 N–H and O–H groups in total. The average Bonchev–Trinajstić information content (AvgIpc) is 3.24. The predicted molar refractivity (Wildman–Crippen MR) is 88.5 cm³/mol. The van der Waals surface area contributed by atoms with Crippen molar-refractivity contribution in [2.45, 2.75) is 53.1 Å². The number of aryl methyl sites for hydroxylation is 2. The van der Waals surface area contributed by atoms with Crippen LogP contribution in [0.15, 0.2) is 10.7 Å². The molecule has 0 saturated heterocycles. The quantitative estimate of drug-likeness (QED) is 0.878. The number of urea groups is 1. The molecule has 1 aliphatic rings. The van der Waals surface area contributed by atoms with Gasteiger partial charge in [0, 0.05) is 19.0 Å². The van der Waals surface area contributed by atoms with Crippen molar-refractivity contribution >= 4 is 11.8 Å².